The predicted molar refractivity (Wildman–Crippen MR) is 116 cm³/mol. The summed E-state index contributed by atoms with van der Waals surface area (Å²) in [5, 5.41) is 3.04. The van der Waals surface area contributed by atoms with Crippen LogP contribution in [0.2, 0.25) is 0 Å². The highest BCUT2D eigenvalue weighted by Crippen LogP contribution is 2.23. The van der Waals surface area contributed by atoms with Crippen molar-refractivity contribution in [1.82, 2.24) is 14.9 Å². The minimum atomic E-state index is -0.379. The van der Waals surface area contributed by atoms with E-state index in [1.165, 1.54) is 22.3 Å². The van der Waals surface area contributed by atoms with Crippen LogP contribution in [0.25, 0.3) is 11.0 Å². The third kappa shape index (κ3) is 4.27. The fourth-order valence-corrected chi connectivity index (χ4v) is 3.66. The predicted octanol–water partition coefficient (Wildman–Crippen LogP) is 4.71. The molecule has 0 spiro atoms. The molecule has 3 aromatic rings. The zero-order chi connectivity index (χ0) is 20.5. The van der Waals surface area contributed by atoms with Crippen molar-refractivity contribution in [2.24, 2.45) is 5.41 Å². The highest BCUT2D eigenvalue weighted by Gasteiger charge is 2.21. The normalized spacial score (nSPS) is 11.8. The average molecular weight is 378 g/mol. The maximum absolute atomic E-state index is 12.2. The molecule has 28 heavy (non-hydrogen) atoms. The van der Waals surface area contributed by atoms with Gasteiger partial charge >= 0.3 is 0 Å². The molecule has 1 amide bonds. The van der Waals surface area contributed by atoms with Gasteiger partial charge in [0.2, 0.25) is 5.91 Å². The molecule has 0 aliphatic heterocycles. The van der Waals surface area contributed by atoms with Gasteiger partial charge in [-0.2, -0.15) is 0 Å². The first-order chi connectivity index (χ1) is 13.2. The summed E-state index contributed by atoms with van der Waals surface area (Å²) >= 11 is 0. The van der Waals surface area contributed by atoms with Crippen molar-refractivity contribution in [3.05, 3.63) is 64.5 Å². The van der Waals surface area contributed by atoms with Crippen molar-refractivity contribution in [1.29, 1.82) is 0 Å². The number of carbonyl (C=O) groups is 1. The van der Waals surface area contributed by atoms with Gasteiger partial charge in [-0.3, -0.25) is 4.79 Å². The Hall–Kier alpha value is -2.62. The van der Waals surface area contributed by atoms with Gasteiger partial charge in [-0.05, 0) is 49.6 Å². The van der Waals surface area contributed by atoms with Gasteiger partial charge in [-0.1, -0.05) is 50.6 Å². The number of aromatic nitrogens is 2. The van der Waals surface area contributed by atoms with Gasteiger partial charge in [0.1, 0.15) is 5.82 Å². The summed E-state index contributed by atoms with van der Waals surface area (Å²) in [4.78, 5) is 17.0. The molecule has 4 heteroatoms. The topological polar surface area (TPSA) is 46.9 Å². The van der Waals surface area contributed by atoms with Crippen LogP contribution < -0.4 is 5.32 Å². The van der Waals surface area contributed by atoms with Crippen LogP contribution in [0, 0.1) is 26.2 Å². The Balaban J connectivity index is 1.91. The summed E-state index contributed by atoms with van der Waals surface area (Å²) in [7, 11) is 0. The summed E-state index contributed by atoms with van der Waals surface area (Å²) in [6, 6.07) is 12.7. The molecule has 0 saturated heterocycles. The van der Waals surface area contributed by atoms with E-state index in [2.05, 4.69) is 61.0 Å². The summed E-state index contributed by atoms with van der Waals surface area (Å²) in [5.74, 6) is 1.08. The monoisotopic (exact) mass is 377 g/mol. The highest BCUT2D eigenvalue weighted by molar-refractivity contribution is 5.81. The van der Waals surface area contributed by atoms with Gasteiger partial charge in [0.05, 0.1) is 11.0 Å². The standard InChI is InChI=1S/C24H31N3O/c1-16-13-17(2)19(18(3)14-16)15-27-21-10-8-7-9-20(21)26-22(27)11-12-25-23(28)24(4,5)6/h7-10,13-14H,11-12,15H2,1-6H3,(H,25,28). The third-order valence-corrected chi connectivity index (χ3v) is 5.21. The molecule has 0 fully saturated rings. The molecule has 0 unspecified atom stereocenters. The minimum absolute atomic E-state index is 0.0698. The third-order valence-electron chi connectivity index (χ3n) is 5.21. The molecule has 3 rings (SSSR count). The molecule has 0 atom stereocenters. The first-order valence-electron chi connectivity index (χ1n) is 9.96. The molecule has 4 nitrogen and oxygen atoms in total. The number of hydrogen-bond donors (Lipinski definition) is 1. The zero-order valence-electron chi connectivity index (χ0n) is 17.9. The smallest absolute Gasteiger partial charge is 0.225 e. The lowest BCUT2D eigenvalue weighted by molar-refractivity contribution is -0.128. The van der Waals surface area contributed by atoms with Gasteiger partial charge in [-0.15, -0.1) is 0 Å². The van der Waals surface area contributed by atoms with E-state index < -0.39 is 0 Å². The van der Waals surface area contributed by atoms with Gasteiger partial charge in [0.15, 0.2) is 0 Å². The Bertz CT molecular complexity index is 985. The van der Waals surface area contributed by atoms with E-state index in [-0.39, 0.29) is 11.3 Å². The lowest BCUT2D eigenvalue weighted by Crippen LogP contribution is -2.36. The number of amides is 1. The molecule has 0 bridgehead atoms. The van der Waals surface area contributed by atoms with E-state index in [1.807, 2.05) is 26.8 Å². The lowest BCUT2D eigenvalue weighted by atomic mass is 9.96. The second kappa shape index (κ2) is 7.78. The quantitative estimate of drug-likeness (QED) is 0.700. The number of benzene rings is 2. The first-order valence-corrected chi connectivity index (χ1v) is 9.96. The maximum atomic E-state index is 12.2. The van der Waals surface area contributed by atoms with Crippen molar-refractivity contribution in [3.8, 4) is 0 Å². The van der Waals surface area contributed by atoms with Crippen LogP contribution in [0.4, 0.5) is 0 Å². The van der Waals surface area contributed by atoms with Crippen LogP contribution >= 0.6 is 0 Å². The van der Waals surface area contributed by atoms with Gasteiger partial charge in [0.25, 0.3) is 0 Å². The molecular formula is C24H31N3O. The molecule has 0 aliphatic carbocycles. The molecule has 0 aliphatic rings. The molecule has 0 radical (unpaired) electrons. The van der Waals surface area contributed by atoms with Crippen molar-refractivity contribution in [3.63, 3.8) is 0 Å². The Kier molecular flexibility index (Phi) is 5.59. The number of fused-ring (bicyclic) bond motifs is 1. The van der Waals surface area contributed by atoms with E-state index >= 15 is 0 Å². The van der Waals surface area contributed by atoms with Gasteiger partial charge in [-0.25, -0.2) is 4.98 Å². The van der Waals surface area contributed by atoms with Crippen LogP contribution in [0.3, 0.4) is 0 Å². The van der Waals surface area contributed by atoms with Crippen LogP contribution in [0.5, 0.6) is 0 Å². The largest absolute Gasteiger partial charge is 0.355 e. The fraction of sp³-hybridized carbons (Fsp3) is 0.417. The van der Waals surface area contributed by atoms with Crippen LogP contribution in [-0.4, -0.2) is 22.0 Å². The van der Waals surface area contributed by atoms with Crippen molar-refractivity contribution in [2.75, 3.05) is 6.54 Å². The van der Waals surface area contributed by atoms with Crippen molar-refractivity contribution < 1.29 is 4.79 Å². The summed E-state index contributed by atoms with van der Waals surface area (Å²) < 4.78 is 2.29. The van der Waals surface area contributed by atoms with Gasteiger partial charge < -0.3 is 9.88 Å². The zero-order valence-corrected chi connectivity index (χ0v) is 17.9. The number of nitrogens with zero attached hydrogens (tertiary/aromatic N) is 2. The second-order valence-corrected chi connectivity index (χ2v) is 8.74. The summed E-state index contributed by atoms with van der Waals surface area (Å²) in [6.45, 7) is 13.7. The Morgan fingerprint density at radius 3 is 2.36 bits per heavy atom. The van der Waals surface area contributed by atoms with E-state index in [9.17, 15) is 4.79 Å². The van der Waals surface area contributed by atoms with Gasteiger partial charge in [0, 0.05) is 24.9 Å². The number of hydrogen-bond acceptors (Lipinski definition) is 2. The first kappa shape index (κ1) is 20.1. The van der Waals surface area contributed by atoms with E-state index in [4.69, 9.17) is 4.98 Å². The Morgan fingerprint density at radius 1 is 1.07 bits per heavy atom. The number of carbonyl (C=O) groups excluding carboxylic acids is 1. The molecular weight excluding hydrogens is 346 g/mol. The number of aryl methyl sites for hydroxylation is 3. The highest BCUT2D eigenvalue weighted by atomic mass is 16.2. The molecule has 1 aromatic heterocycles. The van der Waals surface area contributed by atoms with E-state index in [0.717, 1.165) is 23.4 Å². The SMILES string of the molecule is Cc1cc(C)c(Cn2c(CCNC(=O)C(C)(C)C)nc3ccccc32)c(C)c1. The molecule has 2 aromatic carbocycles. The Labute approximate surface area is 168 Å². The van der Waals surface area contributed by atoms with E-state index in [1.54, 1.807) is 0 Å². The number of para-hydroxylation sites is 2. The molecule has 1 N–H and O–H groups in total. The maximum Gasteiger partial charge on any atom is 0.225 e. The average Bonchev–Trinajstić information content (AvgIpc) is 2.94. The number of nitrogens with one attached hydrogen (secondary N) is 1. The second-order valence-electron chi connectivity index (χ2n) is 8.74. The van der Waals surface area contributed by atoms with Crippen LogP contribution in [-0.2, 0) is 17.8 Å². The summed E-state index contributed by atoms with van der Waals surface area (Å²) in [6.07, 6.45) is 0.709. The molecule has 1 heterocycles. The van der Waals surface area contributed by atoms with Crippen LogP contribution in [0.15, 0.2) is 36.4 Å². The Morgan fingerprint density at radius 2 is 1.71 bits per heavy atom. The van der Waals surface area contributed by atoms with Crippen molar-refractivity contribution >= 4 is 16.9 Å². The molecule has 148 valence electrons. The van der Waals surface area contributed by atoms with Crippen LogP contribution in [0.1, 0.15) is 48.8 Å². The molecule has 0 saturated carbocycles. The fourth-order valence-electron chi connectivity index (χ4n) is 3.66. The summed E-state index contributed by atoms with van der Waals surface area (Å²) in [5.41, 5.74) is 7.01. The number of imidazole rings is 1. The van der Waals surface area contributed by atoms with E-state index in [0.29, 0.717) is 13.0 Å². The lowest BCUT2D eigenvalue weighted by Gasteiger charge is -2.18. The van der Waals surface area contributed by atoms with Crippen molar-refractivity contribution in [2.45, 2.75) is 54.5 Å². The minimum Gasteiger partial charge on any atom is -0.355 e. The number of rotatable bonds is 5.